The van der Waals surface area contributed by atoms with Gasteiger partial charge in [0, 0.05) is 37.7 Å². The number of aryl methyl sites for hydroxylation is 1. The highest BCUT2D eigenvalue weighted by molar-refractivity contribution is 5.95. The van der Waals surface area contributed by atoms with Gasteiger partial charge in [0.05, 0.1) is 19.1 Å². The summed E-state index contributed by atoms with van der Waals surface area (Å²) in [6.45, 7) is 6.65. The number of nitrogens with one attached hydrogen (secondary N) is 1. The summed E-state index contributed by atoms with van der Waals surface area (Å²) in [5, 5.41) is 4.96. The van der Waals surface area contributed by atoms with Crippen molar-refractivity contribution < 1.29 is 9.47 Å². The Balaban J connectivity index is 1.24. The molecule has 2 fully saturated rings. The second-order valence-corrected chi connectivity index (χ2v) is 9.99. The number of piperidine rings is 2. The maximum atomic E-state index is 12.5. The molecule has 1 N–H and O–H groups in total. The number of likely N-dealkylation sites (tertiary alicyclic amines) is 1. The van der Waals surface area contributed by atoms with Gasteiger partial charge in [-0.25, -0.2) is 0 Å². The van der Waals surface area contributed by atoms with Crippen molar-refractivity contribution in [1.29, 1.82) is 0 Å². The summed E-state index contributed by atoms with van der Waals surface area (Å²) in [7, 11) is 3.44. The number of ether oxygens (including phenoxy) is 2. The number of aromatic nitrogens is 2. The molecular formula is C28H36N4O3. The van der Waals surface area contributed by atoms with Crippen LogP contribution in [0, 0.1) is 11.8 Å². The monoisotopic (exact) mass is 476 g/mol. The first-order chi connectivity index (χ1) is 17.1. The molecule has 0 unspecified atom stereocenters. The van der Waals surface area contributed by atoms with Crippen molar-refractivity contribution in [2.24, 2.45) is 18.9 Å². The van der Waals surface area contributed by atoms with Gasteiger partial charge in [0.2, 0.25) is 0 Å². The molecule has 4 heterocycles. The van der Waals surface area contributed by atoms with Crippen LogP contribution in [0.5, 0.6) is 11.5 Å². The lowest BCUT2D eigenvalue weighted by atomic mass is 9.94. The summed E-state index contributed by atoms with van der Waals surface area (Å²) in [6, 6.07) is 7.91. The number of pyridine rings is 2. The van der Waals surface area contributed by atoms with Crippen LogP contribution in [-0.4, -0.2) is 60.9 Å². The number of hydrogen-bond donors (Lipinski definition) is 1. The average molecular weight is 477 g/mol. The third kappa shape index (κ3) is 5.36. The first kappa shape index (κ1) is 23.8. The van der Waals surface area contributed by atoms with E-state index in [9.17, 15) is 4.79 Å². The molecular weight excluding hydrogens is 440 g/mol. The van der Waals surface area contributed by atoms with Gasteiger partial charge in [-0.2, -0.15) is 0 Å². The SMILES string of the molecule is COc1cc(-c2cn(C)c(=O)c3cnccc23)ccc1OCC1CCN(CC2CCNCC2)CC1. The van der Waals surface area contributed by atoms with Crippen molar-refractivity contribution in [2.75, 3.05) is 46.4 Å². The molecule has 0 atom stereocenters. The molecule has 5 rings (SSSR count). The summed E-state index contributed by atoms with van der Waals surface area (Å²) in [5.74, 6) is 2.90. The Labute approximate surface area is 207 Å². The molecule has 0 saturated carbocycles. The number of nitrogens with zero attached hydrogens (tertiary/aromatic N) is 3. The van der Waals surface area contributed by atoms with Crippen LogP contribution in [0.4, 0.5) is 0 Å². The van der Waals surface area contributed by atoms with Gasteiger partial charge >= 0.3 is 0 Å². The van der Waals surface area contributed by atoms with Crippen LogP contribution in [0.25, 0.3) is 21.9 Å². The van der Waals surface area contributed by atoms with Crippen LogP contribution < -0.4 is 20.3 Å². The van der Waals surface area contributed by atoms with Crippen LogP contribution in [0.15, 0.2) is 47.7 Å². The van der Waals surface area contributed by atoms with E-state index < -0.39 is 0 Å². The van der Waals surface area contributed by atoms with E-state index in [1.165, 1.54) is 58.4 Å². The average Bonchev–Trinajstić information content (AvgIpc) is 2.91. The normalized spacial score (nSPS) is 18.1. The first-order valence-electron chi connectivity index (χ1n) is 12.8. The molecule has 0 amide bonds. The van der Waals surface area contributed by atoms with Gasteiger partial charge in [-0.15, -0.1) is 0 Å². The highest BCUT2D eigenvalue weighted by atomic mass is 16.5. The standard InChI is InChI=1S/C28H36N4O3/c1-31-18-25(23-7-12-30-16-24(23)28(31)33)22-3-4-26(27(15-22)34-2)35-19-21-8-13-32(14-9-21)17-20-5-10-29-11-6-20/h3-4,7,12,15-16,18,20-21,29H,5-6,8-11,13-14,17,19H2,1-2H3. The Morgan fingerprint density at radius 3 is 2.60 bits per heavy atom. The molecule has 0 radical (unpaired) electrons. The predicted octanol–water partition coefficient (Wildman–Crippen LogP) is 3.70. The summed E-state index contributed by atoms with van der Waals surface area (Å²) in [5.41, 5.74) is 1.90. The van der Waals surface area contributed by atoms with E-state index in [1.807, 2.05) is 30.5 Å². The maximum absolute atomic E-state index is 12.5. The van der Waals surface area contributed by atoms with Crippen LogP contribution in [0.2, 0.25) is 0 Å². The number of hydrogen-bond acceptors (Lipinski definition) is 6. The van der Waals surface area contributed by atoms with Crippen molar-refractivity contribution in [2.45, 2.75) is 25.7 Å². The highest BCUT2D eigenvalue weighted by Crippen LogP contribution is 2.35. The van der Waals surface area contributed by atoms with Crippen LogP contribution in [0.1, 0.15) is 25.7 Å². The van der Waals surface area contributed by atoms with E-state index >= 15 is 0 Å². The molecule has 2 aliphatic heterocycles. The van der Waals surface area contributed by atoms with Crippen LogP contribution in [-0.2, 0) is 7.05 Å². The molecule has 7 nitrogen and oxygen atoms in total. The summed E-state index contributed by atoms with van der Waals surface area (Å²) < 4.78 is 13.6. The molecule has 0 bridgehead atoms. The zero-order valence-corrected chi connectivity index (χ0v) is 20.8. The van der Waals surface area contributed by atoms with Gasteiger partial charge < -0.3 is 24.3 Å². The Hall–Kier alpha value is -2.90. The van der Waals surface area contributed by atoms with Crippen LogP contribution >= 0.6 is 0 Å². The number of benzene rings is 1. The lowest BCUT2D eigenvalue weighted by Gasteiger charge is -2.35. The third-order valence-corrected chi connectivity index (χ3v) is 7.62. The minimum atomic E-state index is -0.0504. The molecule has 35 heavy (non-hydrogen) atoms. The van der Waals surface area contributed by atoms with Crippen molar-refractivity contribution in [1.82, 2.24) is 19.8 Å². The molecule has 0 aliphatic carbocycles. The maximum Gasteiger partial charge on any atom is 0.259 e. The molecule has 2 aliphatic rings. The van der Waals surface area contributed by atoms with E-state index in [-0.39, 0.29) is 5.56 Å². The van der Waals surface area contributed by atoms with E-state index in [2.05, 4.69) is 15.2 Å². The first-order valence-corrected chi connectivity index (χ1v) is 12.8. The Morgan fingerprint density at radius 2 is 1.83 bits per heavy atom. The molecule has 1 aromatic carbocycles. The summed E-state index contributed by atoms with van der Waals surface area (Å²) >= 11 is 0. The molecule has 186 valence electrons. The number of fused-ring (bicyclic) bond motifs is 1. The third-order valence-electron chi connectivity index (χ3n) is 7.62. The summed E-state index contributed by atoms with van der Waals surface area (Å²) in [6.07, 6.45) is 10.2. The molecule has 2 aromatic heterocycles. The Bertz CT molecular complexity index is 1210. The van der Waals surface area contributed by atoms with Crippen molar-refractivity contribution in [3.8, 4) is 22.6 Å². The van der Waals surface area contributed by atoms with Gasteiger partial charge in [-0.1, -0.05) is 6.07 Å². The molecule has 0 spiro atoms. The Kier molecular flexibility index (Phi) is 7.35. The largest absolute Gasteiger partial charge is 0.493 e. The minimum absolute atomic E-state index is 0.0504. The fourth-order valence-corrected chi connectivity index (χ4v) is 5.47. The predicted molar refractivity (Wildman–Crippen MR) is 139 cm³/mol. The lowest BCUT2D eigenvalue weighted by Crippen LogP contribution is -2.41. The quantitative estimate of drug-likeness (QED) is 0.561. The van der Waals surface area contributed by atoms with E-state index in [4.69, 9.17) is 9.47 Å². The van der Waals surface area contributed by atoms with Crippen molar-refractivity contribution in [3.63, 3.8) is 0 Å². The smallest absolute Gasteiger partial charge is 0.259 e. The second kappa shape index (κ2) is 10.8. The molecule has 3 aromatic rings. The second-order valence-electron chi connectivity index (χ2n) is 9.99. The van der Waals surface area contributed by atoms with Gasteiger partial charge in [0.25, 0.3) is 5.56 Å². The minimum Gasteiger partial charge on any atom is -0.493 e. The van der Waals surface area contributed by atoms with Crippen molar-refractivity contribution in [3.05, 3.63) is 53.2 Å². The van der Waals surface area contributed by atoms with E-state index in [1.54, 1.807) is 31.1 Å². The van der Waals surface area contributed by atoms with Gasteiger partial charge in [-0.05, 0) is 92.8 Å². The zero-order chi connectivity index (χ0) is 24.2. The van der Waals surface area contributed by atoms with E-state index in [0.717, 1.165) is 28.2 Å². The van der Waals surface area contributed by atoms with Gasteiger partial charge in [0.15, 0.2) is 11.5 Å². The van der Waals surface area contributed by atoms with Gasteiger partial charge in [-0.3, -0.25) is 9.78 Å². The number of rotatable bonds is 7. The van der Waals surface area contributed by atoms with Gasteiger partial charge in [0.1, 0.15) is 0 Å². The fourth-order valence-electron chi connectivity index (χ4n) is 5.47. The van der Waals surface area contributed by atoms with Crippen molar-refractivity contribution >= 4 is 10.8 Å². The topological polar surface area (TPSA) is 68.6 Å². The zero-order valence-electron chi connectivity index (χ0n) is 20.8. The molecule has 2 saturated heterocycles. The molecule has 7 heteroatoms. The van der Waals surface area contributed by atoms with E-state index in [0.29, 0.717) is 23.7 Å². The lowest BCUT2D eigenvalue weighted by molar-refractivity contribution is 0.119. The fraction of sp³-hybridized carbons (Fsp3) is 0.500. The van der Waals surface area contributed by atoms with Crippen LogP contribution in [0.3, 0.4) is 0 Å². The highest BCUT2D eigenvalue weighted by Gasteiger charge is 2.23. The summed E-state index contributed by atoms with van der Waals surface area (Å²) in [4.78, 5) is 19.3. The Morgan fingerprint density at radius 1 is 1.03 bits per heavy atom. The number of methoxy groups -OCH3 is 1.